The number of carbonyl (C=O) groups is 2. The first kappa shape index (κ1) is 19.9. The van der Waals surface area contributed by atoms with E-state index in [-0.39, 0.29) is 16.9 Å². The van der Waals surface area contributed by atoms with Crippen molar-refractivity contribution in [3.05, 3.63) is 65.5 Å². The maximum absolute atomic E-state index is 13.3. The molecule has 156 valence electrons. The van der Waals surface area contributed by atoms with Crippen LogP contribution in [-0.4, -0.2) is 39.5 Å². The van der Waals surface area contributed by atoms with Crippen LogP contribution in [0.2, 0.25) is 0 Å². The number of hydrogen-bond donors (Lipinski definition) is 0. The van der Waals surface area contributed by atoms with Gasteiger partial charge in [0.05, 0.1) is 11.0 Å². The Morgan fingerprint density at radius 2 is 1.73 bits per heavy atom. The zero-order valence-corrected chi connectivity index (χ0v) is 15.9. The lowest BCUT2D eigenvalue weighted by molar-refractivity contribution is -0.155. The van der Waals surface area contributed by atoms with Gasteiger partial charge in [-0.05, 0) is 29.7 Å². The van der Waals surface area contributed by atoms with E-state index in [0.717, 1.165) is 10.1 Å². The summed E-state index contributed by atoms with van der Waals surface area (Å²) in [6.45, 7) is -0.296. The molecule has 4 rings (SSSR count). The van der Waals surface area contributed by atoms with Gasteiger partial charge in [-0.25, -0.2) is 4.98 Å². The number of ether oxygens (including phenoxy) is 1. The van der Waals surface area contributed by atoms with Crippen molar-refractivity contribution in [2.75, 3.05) is 13.2 Å². The van der Waals surface area contributed by atoms with Crippen LogP contribution in [0.3, 0.4) is 0 Å². The molecule has 2 heterocycles. The Morgan fingerprint density at radius 3 is 2.50 bits per heavy atom. The van der Waals surface area contributed by atoms with E-state index >= 15 is 0 Å². The Bertz CT molecular complexity index is 1110. The first-order chi connectivity index (χ1) is 14.3. The molecule has 1 amide bonds. The van der Waals surface area contributed by atoms with Gasteiger partial charge in [0.2, 0.25) is 5.82 Å². The molecule has 1 aromatic heterocycles. The van der Waals surface area contributed by atoms with Gasteiger partial charge in [0.15, 0.2) is 6.61 Å². The molecule has 0 aliphatic carbocycles. The van der Waals surface area contributed by atoms with Gasteiger partial charge in [0, 0.05) is 13.1 Å². The third-order valence-corrected chi connectivity index (χ3v) is 5.04. The summed E-state index contributed by atoms with van der Waals surface area (Å²) in [6.07, 6.45) is -4.03. The molecule has 3 aromatic rings. The summed E-state index contributed by atoms with van der Waals surface area (Å²) in [7, 11) is 0. The molecule has 0 saturated heterocycles. The van der Waals surface area contributed by atoms with Gasteiger partial charge >= 0.3 is 12.1 Å². The summed E-state index contributed by atoms with van der Waals surface area (Å²) in [5.41, 5.74) is 2.50. The van der Waals surface area contributed by atoms with Crippen molar-refractivity contribution in [3.8, 4) is 0 Å². The van der Waals surface area contributed by atoms with E-state index in [9.17, 15) is 22.8 Å². The largest absolute Gasteiger partial charge is 0.454 e. The molecule has 0 unspecified atom stereocenters. The monoisotopic (exact) mass is 417 g/mol. The summed E-state index contributed by atoms with van der Waals surface area (Å²) in [5, 5.41) is 0. The van der Waals surface area contributed by atoms with Crippen LogP contribution in [0.1, 0.15) is 17.0 Å². The minimum atomic E-state index is -4.73. The van der Waals surface area contributed by atoms with E-state index < -0.39 is 31.1 Å². The predicted molar refractivity (Wildman–Crippen MR) is 101 cm³/mol. The lowest BCUT2D eigenvalue weighted by Crippen LogP contribution is -2.38. The molecule has 0 N–H and O–H groups in total. The molecule has 30 heavy (non-hydrogen) atoms. The Kier molecular flexibility index (Phi) is 5.19. The third kappa shape index (κ3) is 4.00. The number of fused-ring (bicyclic) bond motifs is 2. The van der Waals surface area contributed by atoms with Crippen LogP contribution in [0.25, 0.3) is 11.0 Å². The molecular weight excluding hydrogens is 399 g/mol. The lowest BCUT2D eigenvalue weighted by atomic mass is 10.00. The molecular formula is C21H18F3N3O3. The minimum absolute atomic E-state index is 0.126. The first-order valence-electron chi connectivity index (χ1n) is 9.35. The highest BCUT2D eigenvalue weighted by Gasteiger charge is 2.38. The van der Waals surface area contributed by atoms with E-state index in [2.05, 4.69) is 4.98 Å². The molecule has 0 spiro atoms. The second-order valence-corrected chi connectivity index (χ2v) is 7.00. The highest BCUT2D eigenvalue weighted by atomic mass is 19.4. The summed E-state index contributed by atoms with van der Waals surface area (Å²) < 4.78 is 45.7. The molecule has 0 bridgehead atoms. The van der Waals surface area contributed by atoms with Crippen LogP contribution in [0.4, 0.5) is 13.2 Å². The second kappa shape index (κ2) is 7.81. The number of halogens is 3. The van der Waals surface area contributed by atoms with Crippen LogP contribution in [-0.2, 0) is 40.0 Å². The van der Waals surface area contributed by atoms with Gasteiger partial charge in [-0.3, -0.25) is 9.59 Å². The minimum Gasteiger partial charge on any atom is -0.454 e. The standard InChI is InChI=1S/C21H18F3N3O3/c22-21(23,24)20-25-16-7-3-4-8-17(16)27(20)12-19(29)30-13-18(28)26-10-9-14-5-1-2-6-15(14)11-26/h1-8H,9-13H2. The number of esters is 1. The number of imidazole rings is 1. The highest BCUT2D eigenvalue weighted by Crippen LogP contribution is 2.31. The van der Waals surface area contributed by atoms with E-state index in [1.807, 2.05) is 24.3 Å². The predicted octanol–water partition coefficient (Wildman–Crippen LogP) is 3.18. The molecule has 0 radical (unpaired) electrons. The van der Waals surface area contributed by atoms with Gasteiger partial charge in [0.25, 0.3) is 5.91 Å². The van der Waals surface area contributed by atoms with E-state index in [1.165, 1.54) is 17.7 Å². The Morgan fingerprint density at radius 1 is 1.03 bits per heavy atom. The number of aromatic nitrogens is 2. The lowest BCUT2D eigenvalue weighted by Gasteiger charge is -2.28. The molecule has 2 aromatic carbocycles. The van der Waals surface area contributed by atoms with Crippen LogP contribution in [0.15, 0.2) is 48.5 Å². The first-order valence-corrected chi connectivity index (χ1v) is 9.35. The molecule has 1 aliphatic heterocycles. The van der Waals surface area contributed by atoms with E-state index in [0.29, 0.717) is 19.5 Å². The molecule has 9 heteroatoms. The topological polar surface area (TPSA) is 64.4 Å². The number of alkyl halides is 3. The number of carbonyl (C=O) groups excluding carboxylic acids is 2. The SMILES string of the molecule is O=C(Cn1c(C(F)(F)F)nc2ccccc21)OCC(=O)N1CCc2ccccc2C1. The number of benzene rings is 2. The van der Waals surface area contributed by atoms with Crippen LogP contribution >= 0.6 is 0 Å². The van der Waals surface area contributed by atoms with Gasteiger partial charge in [-0.15, -0.1) is 0 Å². The summed E-state index contributed by atoms with van der Waals surface area (Å²) >= 11 is 0. The molecule has 0 fully saturated rings. The Labute approximate surface area is 169 Å². The number of hydrogen-bond acceptors (Lipinski definition) is 4. The zero-order chi connectivity index (χ0) is 21.3. The summed E-state index contributed by atoms with van der Waals surface area (Å²) in [5.74, 6) is -2.50. The van der Waals surface area contributed by atoms with Crippen LogP contribution in [0.5, 0.6) is 0 Å². The fraction of sp³-hybridized carbons (Fsp3) is 0.286. The number of nitrogens with zero attached hydrogens (tertiary/aromatic N) is 3. The van der Waals surface area contributed by atoms with Crippen molar-refractivity contribution in [1.82, 2.24) is 14.5 Å². The summed E-state index contributed by atoms with van der Waals surface area (Å²) in [4.78, 5) is 29.8. The van der Waals surface area contributed by atoms with Crippen molar-refractivity contribution in [2.24, 2.45) is 0 Å². The van der Waals surface area contributed by atoms with Gasteiger partial charge in [-0.2, -0.15) is 13.2 Å². The van der Waals surface area contributed by atoms with Crippen LogP contribution in [0, 0.1) is 0 Å². The van der Waals surface area contributed by atoms with Crippen molar-refractivity contribution in [2.45, 2.75) is 25.7 Å². The van der Waals surface area contributed by atoms with Crippen molar-refractivity contribution < 1.29 is 27.5 Å². The Hall–Kier alpha value is -3.36. The molecule has 0 saturated carbocycles. The van der Waals surface area contributed by atoms with Gasteiger partial charge in [0.1, 0.15) is 6.54 Å². The molecule has 1 aliphatic rings. The number of rotatable bonds is 4. The second-order valence-electron chi connectivity index (χ2n) is 7.00. The van der Waals surface area contributed by atoms with E-state index in [4.69, 9.17) is 4.74 Å². The van der Waals surface area contributed by atoms with E-state index in [1.54, 1.807) is 17.0 Å². The van der Waals surface area contributed by atoms with Crippen molar-refractivity contribution >= 4 is 22.9 Å². The third-order valence-electron chi connectivity index (χ3n) is 5.04. The van der Waals surface area contributed by atoms with Crippen molar-refractivity contribution in [1.29, 1.82) is 0 Å². The fourth-order valence-corrected chi connectivity index (χ4v) is 3.57. The normalized spacial score (nSPS) is 13.9. The smallest absolute Gasteiger partial charge is 0.449 e. The maximum Gasteiger partial charge on any atom is 0.449 e. The molecule has 6 nitrogen and oxygen atoms in total. The zero-order valence-electron chi connectivity index (χ0n) is 15.9. The number of para-hydroxylation sites is 2. The average Bonchev–Trinajstić information content (AvgIpc) is 3.10. The summed E-state index contributed by atoms with van der Waals surface area (Å²) in [6, 6.07) is 13.8. The molecule has 0 atom stereocenters. The maximum atomic E-state index is 13.3. The highest BCUT2D eigenvalue weighted by molar-refractivity contribution is 5.82. The fourth-order valence-electron chi connectivity index (χ4n) is 3.57. The van der Waals surface area contributed by atoms with Crippen molar-refractivity contribution in [3.63, 3.8) is 0 Å². The van der Waals surface area contributed by atoms with Gasteiger partial charge in [-0.1, -0.05) is 36.4 Å². The quantitative estimate of drug-likeness (QED) is 0.612. The average molecular weight is 417 g/mol. The number of amides is 1. The van der Waals surface area contributed by atoms with Crippen LogP contribution < -0.4 is 0 Å². The Balaban J connectivity index is 1.42. The van der Waals surface area contributed by atoms with Gasteiger partial charge < -0.3 is 14.2 Å².